The molecule has 1 heterocycles. The van der Waals surface area contributed by atoms with Gasteiger partial charge in [0.05, 0.1) is 6.61 Å². The topological polar surface area (TPSA) is 87.7 Å². The van der Waals surface area contributed by atoms with Crippen molar-refractivity contribution in [2.24, 2.45) is 0 Å². The summed E-state index contributed by atoms with van der Waals surface area (Å²) in [5.41, 5.74) is -1.09. The van der Waals surface area contributed by atoms with Crippen LogP contribution in [-0.2, 0) is 14.3 Å². The molecule has 1 aliphatic carbocycles. The standard InChI is InChI=1S/C16H27N3O4/c1-16(11-23-2)14(21)19(15(22)18-16)10-13(20)17-12-8-6-4-3-5-7-9-12/h12H,3-11H2,1-2H3,(H,17,20)(H,18,22)/t16-/m1/s1. The van der Waals surface area contributed by atoms with E-state index in [1.807, 2.05) is 0 Å². The third kappa shape index (κ3) is 4.43. The van der Waals surface area contributed by atoms with Crippen LogP contribution in [0.15, 0.2) is 0 Å². The molecule has 130 valence electrons. The van der Waals surface area contributed by atoms with Crippen molar-refractivity contribution in [3.8, 4) is 0 Å². The number of rotatable bonds is 5. The van der Waals surface area contributed by atoms with Gasteiger partial charge in [0.15, 0.2) is 0 Å². The molecule has 0 aromatic rings. The summed E-state index contributed by atoms with van der Waals surface area (Å²) >= 11 is 0. The zero-order valence-electron chi connectivity index (χ0n) is 14.0. The second-order valence-electron chi connectivity index (χ2n) is 6.70. The number of nitrogens with zero attached hydrogens (tertiary/aromatic N) is 1. The van der Waals surface area contributed by atoms with Crippen LogP contribution in [0.4, 0.5) is 4.79 Å². The molecule has 0 unspecified atom stereocenters. The molecule has 1 aliphatic heterocycles. The van der Waals surface area contributed by atoms with Gasteiger partial charge in [0.2, 0.25) is 5.91 Å². The predicted octanol–water partition coefficient (Wildman–Crippen LogP) is 1.17. The number of carbonyl (C=O) groups is 3. The van der Waals surface area contributed by atoms with Gasteiger partial charge in [0, 0.05) is 13.2 Å². The molecular formula is C16H27N3O4. The summed E-state index contributed by atoms with van der Waals surface area (Å²) in [5.74, 6) is -0.696. The fourth-order valence-corrected chi connectivity index (χ4v) is 3.29. The molecule has 0 aromatic carbocycles. The Hall–Kier alpha value is -1.63. The molecule has 7 nitrogen and oxygen atoms in total. The minimum Gasteiger partial charge on any atom is -0.382 e. The number of imide groups is 1. The van der Waals surface area contributed by atoms with Crippen LogP contribution in [0.3, 0.4) is 0 Å². The summed E-state index contributed by atoms with van der Waals surface area (Å²) in [4.78, 5) is 37.5. The highest BCUT2D eigenvalue weighted by Gasteiger charge is 2.48. The SMILES string of the molecule is COC[C@@]1(C)NC(=O)N(CC(=O)NC2CCCCCCC2)C1=O. The number of urea groups is 1. The Morgan fingerprint density at radius 1 is 1.26 bits per heavy atom. The first-order chi connectivity index (χ1) is 11.0. The van der Waals surface area contributed by atoms with E-state index in [1.165, 1.54) is 26.4 Å². The molecule has 1 saturated heterocycles. The molecule has 0 aromatic heterocycles. The molecular weight excluding hydrogens is 298 g/mol. The molecule has 23 heavy (non-hydrogen) atoms. The summed E-state index contributed by atoms with van der Waals surface area (Å²) < 4.78 is 4.99. The number of ether oxygens (including phenoxy) is 1. The molecule has 0 bridgehead atoms. The minimum absolute atomic E-state index is 0.0817. The first-order valence-electron chi connectivity index (χ1n) is 8.39. The lowest BCUT2D eigenvalue weighted by Crippen LogP contribution is -2.49. The molecule has 7 heteroatoms. The first kappa shape index (κ1) is 17.7. The van der Waals surface area contributed by atoms with Gasteiger partial charge in [-0.1, -0.05) is 32.1 Å². The van der Waals surface area contributed by atoms with Crippen molar-refractivity contribution in [1.29, 1.82) is 0 Å². The average molecular weight is 325 g/mol. The summed E-state index contributed by atoms with van der Waals surface area (Å²) in [5, 5.41) is 5.56. The second-order valence-corrected chi connectivity index (χ2v) is 6.70. The minimum atomic E-state index is -1.09. The van der Waals surface area contributed by atoms with Gasteiger partial charge in [-0.2, -0.15) is 0 Å². The molecule has 0 spiro atoms. The third-order valence-corrected chi connectivity index (χ3v) is 4.55. The molecule has 4 amide bonds. The quantitative estimate of drug-likeness (QED) is 0.743. The van der Waals surface area contributed by atoms with E-state index in [2.05, 4.69) is 10.6 Å². The molecule has 2 rings (SSSR count). The van der Waals surface area contributed by atoms with E-state index in [-0.39, 0.29) is 25.1 Å². The van der Waals surface area contributed by atoms with Crippen LogP contribution in [0.1, 0.15) is 51.9 Å². The maximum Gasteiger partial charge on any atom is 0.325 e. The van der Waals surface area contributed by atoms with Gasteiger partial charge in [-0.3, -0.25) is 14.5 Å². The summed E-state index contributed by atoms with van der Waals surface area (Å²) in [6.07, 6.45) is 7.82. The zero-order valence-corrected chi connectivity index (χ0v) is 14.0. The monoisotopic (exact) mass is 325 g/mol. The van der Waals surface area contributed by atoms with Crippen molar-refractivity contribution in [3.05, 3.63) is 0 Å². The van der Waals surface area contributed by atoms with E-state index in [4.69, 9.17) is 4.74 Å². The molecule has 1 saturated carbocycles. The highest BCUT2D eigenvalue weighted by molar-refractivity contribution is 6.08. The van der Waals surface area contributed by atoms with E-state index in [1.54, 1.807) is 6.92 Å². The maximum absolute atomic E-state index is 12.3. The van der Waals surface area contributed by atoms with Crippen LogP contribution in [0.2, 0.25) is 0 Å². The van der Waals surface area contributed by atoms with Crippen molar-refractivity contribution < 1.29 is 19.1 Å². The number of nitrogens with one attached hydrogen (secondary N) is 2. The van der Waals surface area contributed by atoms with Crippen molar-refractivity contribution in [3.63, 3.8) is 0 Å². The van der Waals surface area contributed by atoms with E-state index in [9.17, 15) is 14.4 Å². The molecule has 1 atom stereocenters. The van der Waals surface area contributed by atoms with Crippen LogP contribution >= 0.6 is 0 Å². The Balaban J connectivity index is 1.89. The average Bonchev–Trinajstić information content (AvgIpc) is 2.66. The fourth-order valence-electron chi connectivity index (χ4n) is 3.29. The van der Waals surface area contributed by atoms with Gasteiger partial charge in [-0.05, 0) is 19.8 Å². The van der Waals surface area contributed by atoms with Crippen molar-refractivity contribution in [2.45, 2.75) is 63.5 Å². The Bertz CT molecular complexity index is 460. The first-order valence-corrected chi connectivity index (χ1v) is 8.39. The van der Waals surface area contributed by atoms with Crippen molar-refractivity contribution in [2.75, 3.05) is 20.3 Å². The molecule has 2 fully saturated rings. The Labute approximate surface area is 137 Å². The lowest BCUT2D eigenvalue weighted by atomic mass is 9.97. The Morgan fingerprint density at radius 2 is 1.87 bits per heavy atom. The Kier molecular flexibility index (Phi) is 5.98. The van der Waals surface area contributed by atoms with Gasteiger partial charge in [-0.15, -0.1) is 0 Å². The van der Waals surface area contributed by atoms with Gasteiger partial charge < -0.3 is 15.4 Å². The molecule has 0 radical (unpaired) electrons. The smallest absolute Gasteiger partial charge is 0.325 e. The lowest BCUT2D eigenvalue weighted by molar-refractivity contribution is -0.136. The van der Waals surface area contributed by atoms with Crippen molar-refractivity contribution >= 4 is 17.8 Å². The summed E-state index contributed by atoms with van der Waals surface area (Å²) in [6.45, 7) is 1.45. The summed E-state index contributed by atoms with van der Waals surface area (Å²) in [6, 6.07) is -0.392. The largest absolute Gasteiger partial charge is 0.382 e. The Morgan fingerprint density at radius 3 is 2.48 bits per heavy atom. The van der Waals surface area contributed by atoms with E-state index in [0.29, 0.717) is 0 Å². The highest BCUT2D eigenvalue weighted by Crippen LogP contribution is 2.19. The number of methoxy groups -OCH3 is 1. The van der Waals surface area contributed by atoms with Gasteiger partial charge in [0.1, 0.15) is 12.1 Å². The molecule has 2 N–H and O–H groups in total. The highest BCUT2D eigenvalue weighted by atomic mass is 16.5. The normalized spacial score (nSPS) is 26.6. The number of amides is 4. The van der Waals surface area contributed by atoms with Gasteiger partial charge in [-0.25, -0.2) is 4.79 Å². The second kappa shape index (κ2) is 7.77. The van der Waals surface area contributed by atoms with E-state index >= 15 is 0 Å². The van der Waals surface area contributed by atoms with Crippen LogP contribution in [0.25, 0.3) is 0 Å². The van der Waals surface area contributed by atoms with Crippen LogP contribution in [-0.4, -0.2) is 54.6 Å². The maximum atomic E-state index is 12.3. The predicted molar refractivity (Wildman–Crippen MR) is 84.8 cm³/mol. The third-order valence-electron chi connectivity index (χ3n) is 4.55. The van der Waals surface area contributed by atoms with Gasteiger partial charge in [0.25, 0.3) is 5.91 Å². The van der Waals surface area contributed by atoms with Gasteiger partial charge >= 0.3 is 6.03 Å². The van der Waals surface area contributed by atoms with Crippen LogP contribution < -0.4 is 10.6 Å². The summed E-state index contributed by atoms with van der Waals surface area (Å²) in [7, 11) is 1.47. The number of hydrogen-bond acceptors (Lipinski definition) is 4. The van der Waals surface area contributed by atoms with Crippen LogP contribution in [0, 0.1) is 0 Å². The number of hydrogen-bond donors (Lipinski definition) is 2. The van der Waals surface area contributed by atoms with Crippen LogP contribution in [0.5, 0.6) is 0 Å². The number of carbonyl (C=O) groups excluding carboxylic acids is 3. The van der Waals surface area contributed by atoms with E-state index < -0.39 is 17.5 Å². The zero-order chi connectivity index (χ0) is 16.9. The van der Waals surface area contributed by atoms with Crippen molar-refractivity contribution in [1.82, 2.24) is 15.5 Å². The molecule has 2 aliphatic rings. The fraction of sp³-hybridized carbons (Fsp3) is 0.812. The lowest BCUT2D eigenvalue weighted by Gasteiger charge is -2.23. The van der Waals surface area contributed by atoms with E-state index in [0.717, 1.165) is 30.6 Å².